The molecule has 1 aliphatic heterocycles. The predicted molar refractivity (Wildman–Crippen MR) is 94.1 cm³/mol. The second-order valence-corrected chi connectivity index (χ2v) is 9.25. The minimum absolute atomic E-state index is 0.259. The number of rotatable bonds is 4. The second kappa shape index (κ2) is 7.71. The van der Waals surface area contributed by atoms with E-state index in [4.69, 9.17) is 4.74 Å². The Kier molecular flexibility index (Phi) is 6.15. The number of thioether (sulfide) groups is 2. The lowest BCUT2D eigenvalue weighted by atomic mass is 10.2. The summed E-state index contributed by atoms with van der Waals surface area (Å²) in [6.07, 6.45) is -0.470. The third-order valence-electron chi connectivity index (χ3n) is 2.72. The quantitative estimate of drug-likeness (QED) is 0.639. The maximum atomic E-state index is 12.4. The van der Waals surface area contributed by atoms with Crippen molar-refractivity contribution in [1.29, 1.82) is 0 Å². The molecule has 1 aliphatic rings. The zero-order chi connectivity index (χ0) is 17.0. The molecule has 1 aromatic rings. The van der Waals surface area contributed by atoms with Crippen LogP contribution < -0.4 is 5.32 Å². The van der Waals surface area contributed by atoms with Gasteiger partial charge in [-0.2, -0.15) is 0 Å². The van der Waals surface area contributed by atoms with Gasteiger partial charge in [0.2, 0.25) is 11.0 Å². The average Bonchev–Trinajstić information content (AvgIpc) is 3.06. The van der Waals surface area contributed by atoms with E-state index < -0.39 is 17.7 Å². The van der Waals surface area contributed by atoms with Crippen molar-refractivity contribution in [2.45, 2.75) is 43.7 Å². The molecule has 0 unspecified atom stereocenters. The molecule has 0 radical (unpaired) electrons. The highest BCUT2D eigenvalue weighted by Crippen LogP contribution is 2.27. The van der Waals surface area contributed by atoms with Crippen molar-refractivity contribution in [2.24, 2.45) is 0 Å². The molecule has 23 heavy (non-hydrogen) atoms. The van der Waals surface area contributed by atoms with Gasteiger partial charge < -0.3 is 4.74 Å². The summed E-state index contributed by atoms with van der Waals surface area (Å²) in [5.41, 5.74) is -0.586. The van der Waals surface area contributed by atoms with Crippen LogP contribution in [-0.4, -0.2) is 56.1 Å². The number of amides is 2. The molecule has 0 saturated carbocycles. The molecular formula is C13H20N4O3S3. The van der Waals surface area contributed by atoms with Crippen LogP contribution in [0.25, 0.3) is 0 Å². The van der Waals surface area contributed by atoms with Gasteiger partial charge in [-0.25, -0.2) is 4.79 Å². The second-order valence-electron chi connectivity index (χ2n) is 5.76. The molecule has 2 heterocycles. The molecule has 0 bridgehead atoms. The van der Waals surface area contributed by atoms with E-state index in [1.165, 1.54) is 28.0 Å². The van der Waals surface area contributed by atoms with Crippen LogP contribution >= 0.6 is 34.9 Å². The number of nitrogens with zero attached hydrogens (tertiary/aromatic N) is 3. The van der Waals surface area contributed by atoms with Gasteiger partial charge in [0.25, 0.3) is 0 Å². The van der Waals surface area contributed by atoms with Crippen molar-refractivity contribution in [3.63, 3.8) is 0 Å². The molecule has 2 amide bonds. The van der Waals surface area contributed by atoms with E-state index in [1.807, 2.05) is 6.92 Å². The first kappa shape index (κ1) is 18.3. The van der Waals surface area contributed by atoms with Crippen LogP contribution in [0.2, 0.25) is 0 Å². The number of nitrogens with one attached hydrogen (secondary N) is 1. The molecule has 1 N–H and O–H groups in total. The lowest BCUT2D eigenvalue weighted by Gasteiger charge is -2.27. The SMILES string of the molecule is CCSc1nnc(NC(=O)[C@H]2CSCN2C(=O)OC(C)(C)C)s1. The zero-order valence-corrected chi connectivity index (χ0v) is 15.9. The third-order valence-corrected chi connectivity index (χ3v) is 5.58. The van der Waals surface area contributed by atoms with Crippen LogP contribution in [0.3, 0.4) is 0 Å². The van der Waals surface area contributed by atoms with Gasteiger partial charge in [0.15, 0.2) is 4.34 Å². The number of ether oxygens (including phenoxy) is 1. The minimum Gasteiger partial charge on any atom is -0.444 e. The Bertz CT molecular complexity index is 573. The summed E-state index contributed by atoms with van der Waals surface area (Å²) in [5, 5.41) is 11.1. The molecule has 1 saturated heterocycles. The first-order valence-electron chi connectivity index (χ1n) is 7.14. The fourth-order valence-corrected chi connectivity index (χ4v) is 4.59. The highest BCUT2D eigenvalue weighted by molar-refractivity contribution is 8.01. The Balaban J connectivity index is 1.98. The Hall–Kier alpha value is -1.00. The van der Waals surface area contributed by atoms with Gasteiger partial charge in [0, 0.05) is 5.75 Å². The molecular weight excluding hydrogens is 356 g/mol. The van der Waals surface area contributed by atoms with Gasteiger partial charge >= 0.3 is 6.09 Å². The largest absolute Gasteiger partial charge is 0.444 e. The summed E-state index contributed by atoms with van der Waals surface area (Å²) < 4.78 is 6.17. The van der Waals surface area contributed by atoms with Crippen molar-refractivity contribution >= 4 is 52.0 Å². The smallest absolute Gasteiger partial charge is 0.411 e. The first-order valence-corrected chi connectivity index (χ1v) is 10.1. The fourth-order valence-electron chi connectivity index (χ4n) is 1.79. The van der Waals surface area contributed by atoms with Crippen LogP contribution in [0.1, 0.15) is 27.7 Å². The van der Waals surface area contributed by atoms with E-state index in [9.17, 15) is 9.59 Å². The molecule has 1 atom stereocenters. The fraction of sp³-hybridized carbons (Fsp3) is 0.692. The van der Waals surface area contributed by atoms with Crippen LogP contribution in [0.5, 0.6) is 0 Å². The molecule has 1 fully saturated rings. The number of aromatic nitrogens is 2. The molecule has 1 aromatic heterocycles. The summed E-state index contributed by atoms with van der Waals surface area (Å²) in [6, 6.07) is -0.555. The third kappa shape index (κ3) is 5.25. The standard InChI is InChI=1S/C13H20N4O3S3/c1-5-22-11-16-15-10(23-11)14-9(18)8-6-21-7-17(8)12(19)20-13(2,3)4/h8H,5-7H2,1-4H3,(H,14,15,18)/t8-/m1/s1. The Morgan fingerprint density at radius 3 is 2.83 bits per heavy atom. The highest BCUT2D eigenvalue weighted by atomic mass is 32.2. The maximum Gasteiger partial charge on any atom is 0.411 e. The molecule has 128 valence electrons. The van der Waals surface area contributed by atoms with Crippen LogP contribution in [0, 0.1) is 0 Å². The minimum atomic E-state index is -0.586. The summed E-state index contributed by atoms with van der Waals surface area (Å²) in [7, 11) is 0. The Labute approximate surface area is 147 Å². The molecule has 7 nitrogen and oxygen atoms in total. The molecule has 0 aliphatic carbocycles. The van der Waals surface area contributed by atoms with Crippen molar-refractivity contribution in [3.8, 4) is 0 Å². The summed E-state index contributed by atoms with van der Waals surface area (Å²) >= 11 is 4.43. The van der Waals surface area contributed by atoms with Gasteiger partial charge in [0.1, 0.15) is 11.6 Å². The van der Waals surface area contributed by atoms with E-state index in [1.54, 1.807) is 32.5 Å². The van der Waals surface area contributed by atoms with Crippen molar-refractivity contribution in [1.82, 2.24) is 15.1 Å². The van der Waals surface area contributed by atoms with E-state index in [0.717, 1.165) is 10.1 Å². The van der Waals surface area contributed by atoms with Crippen molar-refractivity contribution in [3.05, 3.63) is 0 Å². The molecule has 2 rings (SSSR count). The van der Waals surface area contributed by atoms with E-state index >= 15 is 0 Å². The number of carbonyl (C=O) groups is 2. The maximum absolute atomic E-state index is 12.4. The lowest BCUT2D eigenvalue weighted by Crippen LogP contribution is -2.46. The van der Waals surface area contributed by atoms with Gasteiger partial charge in [0.05, 0.1) is 5.88 Å². The highest BCUT2D eigenvalue weighted by Gasteiger charge is 2.37. The Morgan fingerprint density at radius 1 is 1.43 bits per heavy atom. The zero-order valence-electron chi connectivity index (χ0n) is 13.5. The Morgan fingerprint density at radius 2 is 2.17 bits per heavy atom. The monoisotopic (exact) mass is 376 g/mol. The lowest BCUT2D eigenvalue weighted by molar-refractivity contribution is -0.120. The topological polar surface area (TPSA) is 84.4 Å². The number of hydrogen-bond acceptors (Lipinski definition) is 8. The number of carbonyl (C=O) groups excluding carboxylic acids is 2. The number of hydrogen-bond donors (Lipinski definition) is 1. The normalized spacial score (nSPS) is 18.1. The van der Waals surface area contributed by atoms with E-state index in [-0.39, 0.29) is 5.91 Å². The summed E-state index contributed by atoms with van der Waals surface area (Å²) in [6.45, 7) is 7.44. The number of anilines is 1. The van der Waals surface area contributed by atoms with Gasteiger partial charge in [-0.3, -0.25) is 15.0 Å². The van der Waals surface area contributed by atoms with Crippen molar-refractivity contribution in [2.75, 3.05) is 22.7 Å². The first-order chi connectivity index (χ1) is 10.8. The van der Waals surface area contributed by atoms with E-state index in [0.29, 0.717) is 16.8 Å². The van der Waals surface area contributed by atoms with Gasteiger partial charge in [-0.15, -0.1) is 22.0 Å². The van der Waals surface area contributed by atoms with Crippen LogP contribution in [-0.2, 0) is 9.53 Å². The van der Waals surface area contributed by atoms with Crippen molar-refractivity contribution < 1.29 is 14.3 Å². The van der Waals surface area contributed by atoms with Gasteiger partial charge in [-0.1, -0.05) is 30.0 Å². The molecule has 0 aromatic carbocycles. The average molecular weight is 377 g/mol. The molecule has 10 heteroatoms. The molecule has 0 spiro atoms. The van der Waals surface area contributed by atoms with Gasteiger partial charge in [-0.05, 0) is 26.5 Å². The van der Waals surface area contributed by atoms with Crippen LogP contribution in [0.15, 0.2) is 4.34 Å². The van der Waals surface area contributed by atoms with Crippen LogP contribution in [0.4, 0.5) is 9.93 Å². The van der Waals surface area contributed by atoms with E-state index in [2.05, 4.69) is 15.5 Å². The summed E-state index contributed by atoms with van der Waals surface area (Å²) in [5.74, 6) is 1.62. The predicted octanol–water partition coefficient (Wildman–Crippen LogP) is 2.90. The summed E-state index contributed by atoms with van der Waals surface area (Å²) in [4.78, 5) is 26.1.